The number of nitrogens with zero attached hydrogens (tertiary/aromatic N) is 1. The summed E-state index contributed by atoms with van der Waals surface area (Å²) in [5, 5.41) is 22.4. The molecule has 0 fully saturated rings. The molecule has 0 radical (unpaired) electrons. The van der Waals surface area contributed by atoms with Crippen LogP contribution in [0.5, 0.6) is 5.75 Å². The summed E-state index contributed by atoms with van der Waals surface area (Å²) in [5.41, 5.74) is 2.26. The van der Waals surface area contributed by atoms with E-state index in [1.54, 1.807) is 61.5 Å². The number of aromatic nitrogens is 1. The Morgan fingerprint density at radius 3 is 2.32 bits per heavy atom. The number of fused-ring (bicyclic) bond motifs is 1. The molecule has 0 spiro atoms. The van der Waals surface area contributed by atoms with Crippen molar-refractivity contribution in [1.82, 2.24) is 4.57 Å². The van der Waals surface area contributed by atoms with Gasteiger partial charge in [-0.2, -0.15) is 0 Å². The molecule has 0 amide bonds. The van der Waals surface area contributed by atoms with E-state index in [2.05, 4.69) is 0 Å². The number of carboxylic acids is 2. The summed E-state index contributed by atoms with van der Waals surface area (Å²) in [4.78, 5) is 37.2. The molecule has 0 atom stereocenters. The predicted molar refractivity (Wildman–Crippen MR) is 126 cm³/mol. The molecule has 34 heavy (non-hydrogen) atoms. The van der Waals surface area contributed by atoms with Gasteiger partial charge in [-0.3, -0.25) is 9.36 Å². The molecule has 0 aliphatic heterocycles. The molecular formula is C26H19ClNO6-. The highest BCUT2D eigenvalue weighted by Gasteiger charge is 2.26. The summed E-state index contributed by atoms with van der Waals surface area (Å²) in [6.45, 7) is 1.64. The minimum atomic E-state index is -1.33. The number of hydrogen-bond donors (Lipinski definition) is 1. The van der Waals surface area contributed by atoms with Crippen LogP contribution in [0.4, 0.5) is 0 Å². The van der Waals surface area contributed by atoms with Crippen LogP contribution >= 0.6 is 11.6 Å². The number of methoxy groups -OCH3 is 1. The van der Waals surface area contributed by atoms with Crippen molar-refractivity contribution in [2.24, 2.45) is 0 Å². The number of carbonyl (C=O) groups is 3. The molecule has 0 aliphatic carbocycles. The third kappa shape index (κ3) is 3.91. The van der Waals surface area contributed by atoms with Crippen molar-refractivity contribution >= 4 is 40.3 Å². The molecule has 7 nitrogen and oxygen atoms in total. The van der Waals surface area contributed by atoms with E-state index in [9.17, 15) is 24.6 Å². The Labute approximate surface area is 199 Å². The number of carboxylic acid groups (broad SMARTS) is 2. The van der Waals surface area contributed by atoms with E-state index in [1.165, 1.54) is 17.7 Å². The van der Waals surface area contributed by atoms with Crippen molar-refractivity contribution in [2.45, 2.75) is 13.3 Å². The van der Waals surface area contributed by atoms with Crippen LogP contribution in [0.15, 0.2) is 60.7 Å². The molecule has 0 unspecified atom stereocenters. The molecule has 0 saturated carbocycles. The summed E-state index contributed by atoms with van der Waals surface area (Å²) in [5.74, 6) is -2.52. The Kier molecular flexibility index (Phi) is 6.13. The Morgan fingerprint density at radius 1 is 1.03 bits per heavy atom. The van der Waals surface area contributed by atoms with E-state index in [0.29, 0.717) is 49.6 Å². The van der Waals surface area contributed by atoms with Crippen molar-refractivity contribution in [3.8, 4) is 16.9 Å². The molecule has 3 aromatic carbocycles. The minimum absolute atomic E-state index is 0.0159. The Hall–Kier alpha value is -4.10. The molecule has 8 heteroatoms. The second kappa shape index (κ2) is 9.03. The van der Waals surface area contributed by atoms with E-state index < -0.39 is 18.4 Å². The van der Waals surface area contributed by atoms with Gasteiger partial charge in [0, 0.05) is 45.2 Å². The molecule has 0 aliphatic rings. The Morgan fingerprint density at radius 2 is 1.71 bits per heavy atom. The first-order chi connectivity index (χ1) is 16.2. The van der Waals surface area contributed by atoms with Gasteiger partial charge in [-0.25, -0.2) is 4.79 Å². The second-order valence-corrected chi connectivity index (χ2v) is 8.08. The van der Waals surface area contributed by atoms with Gasteiger partial charge >= 0.3 is 5.97 Å². The van der Waals surface area contributed by atoms with Crippen LogP contribution in [0.3, 0.4) is 0 Å². The van der Waals surface area contributed by atoms with Gasteiger partial charge in [0.05, 0.1) is 18.2 Å². The maximum absolute atomic E-state index is 13.5. The maximum atomic E-state index is 13.5. The Balaban J connectivity index is 2.12. The fraction of sp³-hybridized carbons (Fsp3) is 0.115. The minimum Gasteiger partial charge on any atom is -0.550 e. The first-order valence-corrected chi connectivity index (χ1v) is 10.7. The first kappa shape index (κ1) is 23.1. The molecule has 1 heterocycles. The zero-order valence-electron chi connectivity index (χ0n) is 18.3. The summed E-state index contributed by atoms with van der Waals surface area (Å²) >= 11 is 5.96. The smallest absolute Gasteiger partial charge is 0.336 e. The predicted octanol–water partition coefficient (Wildman–Crippen LogP) is 3.96. The number of hydrogen-bond acceptors (Lipinski definition) is 5. The highest BCUT2D eigenvalue weighted by molar-refractivity contribution is 6.30. The molecule has 172 valence electrons. The van der Waals surface area contributed by atoms with Crippen molar-refractivity contribution < 1.29 is 29.3 Å². The van der Waals surface area contributed by atoms with Crippen LogP contribution in [-0.4, -0.2) is 34.6 Å². The first-order valence-electron chi connectivity index (χ1n) is 10.3. The van der Waals surface area contributed by atoms with Crippen LogP contribution in [0, 0.1) is 6.92 Å². The number of aromatic carboxylic acids is 1. The van der Waals surface area contributed by atoms with E-state index in [-0.39, 0.29) is 11.5 Å². The number of rotatable bonds is 6. The van der Waals surface area contributed by atoms with Crippen molar-refractivity contribution in [3.05, 3.63) is 88.1 Å². The van der Waals surface area contributed by atoms with E-state index in [0.717, 1.165) is 0 Å². The third-order valence-electron chi connectivity index (χ3n) is 5.72. The Bertz CT molecular complexity index is 1450. The van der Waals surface area contributed by atoms with Gasteiger partial charge in [-0.05, 0) is 55.0 Å². The van der Waals surface area contributed by atoms with Gasteiger partial charge in [0.1, 0.15) is 5.75 Å². The van der Waals surface area contributed by atoms with Gasteiger partial charge in [0.25, 0.3) is 5.91 Å². The van der Waals surface area contributed by atoms with E-state index in [1.807, 2.05) is 0 Å². The number of carbonyl (C=O) groups excluding carboxylic acids is 2. The average Bonchev–Trinajstić information content (AvgIpc) is 3.09. The average molecular weight is 477 g/mol. The monoisotopic (exact) mass is 476 g/mol. The zero-order chi connectivity index (χ0) is 24.6. The number of halogens is 1. The van der Waals surface area contributed by atoms with Crippen molar-refractivity contribution in [2.75, 3.05) is 7.11 Å². The highest BCUT2D eigenvalue weighted by atomic mass is 35.5. The zero-order valence-corrected chi connectivity index (χ0v) is 19.1. The maximum Gasteiger partial charge on any atom is 0.336 e. The van der Waals surface area contributed by atoms with E-state index >= 15 is 0 Å². The third-order valence-corrected chi connectivity index (χ3v) is 5.97. The number of ether oxygens (including phenoxy) is 1. The normalized spacial score (nSPS) is 10.9. The summed E-state index contributed by atoms with van der Waals surface area (Å²) in [7, 11) is 1.44. The fourth-order valence-corrected chi connectivity index (χ4v) is 4.36. The van der Waals surface area contributed by atoms with Crippen LogP contribution in [0.2, 0.25) is 5.02 Å². The lowest BCUT2D eigenvalue weighted by Crippen LogP contribution is -2.25. The molecule has 1 aromatic heterocycles. The van der Waals surface area contributed by atoms with Gasteiger partial charge in [-0.1, -0.05) is 29.8 Å². The molecular weight excluding hydrogens is 458 g/mol. The summed E-state index contributed by atoms with van der Waals surface area (Å²) in [6.07, 6.45) is -0.474. The SMILES string of the molecule is COc1ccc2c(c(CC(=O)[O-])c(C)n2C(=O)c2ccc(Cl)cc2)c1-c1ccccc1C(=O)O. The van der Waals surface area contributed by atoms with Gasteiger partial charge in [0.15, 0.2) is 0 Å². The molecule has 0 saturated heterocycles. The van der Waals surface area contributed by atoms with Gasteiger partial charge < -0.3 is 19.7 Å². The lowest BCUT2D eigenvalue weighted by atomic mass is 9.93. The molecule has 4 rings (SSSR count). The molecule has 1 N–H and O–H groups in total. The lowest BCUT2D eigenvalue weighted by Gasteiger charge is -2.15. The van der Waals surface area contributed by atoms with Crippen LogP contribution < -0.4 is 9.84 Å². The topological polar surface area (TPSA) is 109 Å². The fourth-order valence-electron chi connectivity index (χ4n) is 4.23. The van der Waals surface area contributed by atoms with Crippen LogP contribution in [0.1, 0.15) is 32.0 Å². The van der Waals surface area contributed by atoms with Crippen molar-refractivity contribution in [3.63, 3.8) is 0 Å². The van der Waals surface area contributed by atoms with Gasteiger partial charge in [-0.15, -0.1) is 0 Å². The highest BCUT2D eigenvalue weighted by Crippen LogP contribution is 2.42. The summed E-state index contributed by atoms with van der Waals surface area (Å²) in [6, 6.07) is 16.0. The molecule has 4 aromatic rings. The van der Waals surface area contributed by atoms with Gasteiger partial charge in [0.2, 0.25) is 0 Å². The van der Waals surface area contributed by atoms with Crippen LogP contribution in [-0.2, 0) is 11.2 Å². The quantitative estimate of drug-likeness (QED) is 0.451. The van der Waals surface area contributed by atoms with Crippen molar-refractivity contribution in [1.29, 1.82) is 0 Å². The van der Waals surface area contributed by atoms with Crippen LogP contribution in [0.25, 0.3) is 22.0 Å². The van der Waals surface area contributed by atoms with E-state index in [4.69, 9.17) is 16.3 Å². The summed E-state index contributed by atoms with van der Waals surface area (Å²) < 4.78 is 6.96. The lowest BCUT2D eigenvalue weighted by molar-refractivity contribution is -0.304. The number of benzene rings is 3. The largest absolute Gasteiger partial charge is 0.550 e. The standard InChI is InChI=1S/C26H20ClNO6/c1-14-19(13-22(29)30)23-20(28(14)25(31)15-7-9-16(27)10-8-15)11-12-21(34-2)24(23)17-5-3-4-6-18(17)26(32)33/h3-12H,13H2,1-2H3,(H,29,30)(H,32,33)/p-1. The number of aliphatic carboxylic acids is 1. The second-order valence-electron chi connectivity index (χ2n) is 7.65. The molecule has 0 bridgehead atoms.